The van der Waals surface area contributed by atoms with Gasteiger partial charge in [0.25, 0.3) is 0 Å². The summed E-state index contributed by atoms with van der Waals surface area (Å²) in [5, 5.41) is 0. The molecule has 0 aromatic heterocycles. The van der Waals surface area contributed by atoms with Crippen LogP contribution in [0.4, 0.5) is 0 Å². The maximum atomic E-state index is 0. The summed E-state index contributed by atoms with van der Waals surface area (Å²) >= 11 is 0. The summed E-state index contributed by atoms with van der Waals surface area (Å²) in [6, 6.07) is 0. The minimum atomic E-state index is 0. The van der Waals surface area contributed by atoms with Gasteiger partial charge in [0, 0.05) is 51.5 Å². The standard InChI is InChI=1S/BH3.Cr.2Fe.2H4Si/h1H3;;;;2*1H4. The number of hydrogen-bond donors (Lipinski definition) is 0. The van der Waals surface area contributed by atoms with Crippen molar-refractivity contribution in [2.75, 3.05) is 0 Å². The van der Waals surface area contributed by atoms with Gasteiger partial charge in [0.1, 0.15) is 0 Å². The molecule has 0 spiro atoms. The zero-order valence-corrected chi connectivity index (χ0v) is 4.60. The molecule has 0 aromatic carbocycles. The zero-order chi connectivity index (χ0) is 0. The third-order valence-electron chi connectivity index (χ3n) is 0. The first-order chi connectivity index (χ1) is 0. The summed E-state index contributed by atoms with van der Waals surface area (Å²) in [6.07, 6.45) is 0. The van der Waals surface area contributed by atoms with Crippen LogP contribution in [0.5, 0.6) is 0 Å². The van der Waals surface area contributed by atoms with E-state index in [-0.39, 0.29) is 81.8 Å². The predicted octanol–water partition coefficient (Wildman–Crippen LogP) is -4.09. The Bertz CT molecular complexity index is 11.5. The average molecular weight is 242 g/mol. The fraction of sp³-hybridized carbons (Fsp3) is 0. The third-order valence-corrected chi connectivity index (χ3v) is 0. The zero-order valence-electron chi connectivity index (χ0n) is 1.12. The van der Waals surface area contributed by atoms with Crippen molar-refractivity contribution in [3.63, 3.8) is 0 Å². The summed E-state index contributed by atoms with van der Waals surface area (Å²) in [5.41, 5.74) is 0. The molecule has 0 heterocycles. The van der Waals surface area contributed by atoms with Gasteiger partial charge in [-0.1, -0.05) is 0 Å². The smallest absolute Gasteiger partial charge is 0.0149 e. The second-order valence-electron chi connectivity index (χ2n) is 0. The molecule has 6 heteroatoms. The van der Waals surface area contributed by atoms with E-state index in [4.69, 9.17) is 0 Å². The van der Waals surface area contributed by atoms with Gasteiger partial charge >= 0.3 is 0 Å². The van der Waals surface area contributed by atoms with Crippen LogP contribution < -0.4 is 0 Å². The van der Waals surface area contributed by atoms with Crippen LogP contribution >= 0.6 is 0 Å². The Kier molecular flexibility index (Phi) is 954. The van der Waals surface area contributed by atoms with E-state index < -0.39 is 0 Å². The molecule has 0 unspecified atom stereocenters. The Hall–Kier alpha value is 2.07. The molecular weight excluding hydrogens is 231 g/mol. The molecule has 0 aliphatic rings. The molecule has 0 saturated heterocycles. The van der Waals surface area contributed by atoms with Crippen LogP contribution in [0.3, 0.4) is 0 Å². The molecule has 0 aliphatic carbocycles. The van der Waals surface area contributed by atoms with Crippen LogP contribution in [0.15, 0.2) is 0 Å². The molecule has 6 heavy (non-hydrogen) atoms. The van der Waals surface area contributed by atoms with Crippen molar-refractivity contribution in [2.45, 2.75) is 0 Å². The molecule has 0 saturated carbocycles. The summed E-state index contributed by atoms with van der Waals surface area (Å²) in [6.45, 7) is 0. The first kappa shape index (κ1) is 94.1. The Morgan fingerprint density at radius 2 is 0.667 bits per heavy atom. The van der Waals surface area contributed by atoms with Crippen LogP contribution in [0, 0.1) is 0 Å². The fourth-order valence-electron chi connectivity index (χ4n) is 0. The Morgan fingerprint density at radius 1 is 0.667 bits per heavy atom. The Balaban J connectivity index is 0. The second-order valence-corrected chi connectivity index (χ2v) is 0. The number of hydrogen-bond acceptors (Lipinski definition) is 0. The largest absolute Gasteiger partial charge is 0.0814 e. The van der Waals surface area contributed by atoms with Crippen molar-refractivity contribution in [1.82, 2.24) is 0 Å². The van der Waals surface area contributed by atoms with Crippen molar-refractivity contribution in [3.8, 4) is 0 Å². The predicted molar refractivity (Wildman–Crippen MR) is 32.6 cm³/mol. The Labute approximate surface area is 81.3 Å². The molecule has 0 N–H and O–H groups in total. The van der Waals surface area contributed by atoms with Crippen LogP contribution in [-0.4, -0.2) is 30.3 Å². The molecule has 0 amide bonds. The quantitative estimate of drug-likeness (QED) is 0.379. The third kappa shape index (κ3) is 36.4. The molecule has 0 bridgehead atoms. The average Bonchev–Trinajstić information content (AvgIpc) is 0. The van der Waals surface area contributed by atoms with Crippen molar-refractivity contribution in [1.29, 1.82) is 0 Å². The summed E-state index contributed by atoms with van der Waals surface area (Å²) in [5.74, 6) is 0. The van der Waals surface area contributed by atoms with Gasteiger partial charge in [-0.25, -0.2) is 0 Å². The van der Waals surface area contributed by atoms with Crippen molar-refractivity contribution < 1.29 is 51.5 Å². The van der Waals surface area contributed by atoms with E-state index in [1.165, 1.54) is 0 Å². The fourth-order valence-corrected chi connectivity index (χ4v) is 0. The van der Waals surface area contributed by atoms with Crippen molar-refractivity contribution >= 4 is 30.3 Å². The molecule has 44 valence electrons. The van der Waals surface area contributed by atoms with Gasteiger partial charge in [0.05, 0.1) is 8.41 Å². The van der Waals surface area contributed by atoms with Gasteiger partial charge in [0.2, 0.25) is 0 Å². The van der Waals surface area contributed by atoms with E-state index in [1.807, 2.05) is 0 Å². The van der Waals surface area contributed by atoms with Gasteiger partial charge in [-0.05, 0) is 21.9 Å². The van der Waals surface area contributed by atoms with Gasteiger partial charge < -0.3 is 0 Å². The monoisotopic (exact) mass is 242 g/mol. The normalized spacial score (nSPS) is 0. The van der Waals surface area contributed by atoms with Gasteiger partial charge in [0.15, 0.2) is 0 Å². The van der Waals surface area contributed by atoms with E-state index in [0.717, 1.165) is 0 Å². The van der Waals surface area contributed by atoms with Crippen LogP contribution in [0.2, 0.25) is 0 Å². The molecule has 0 atom stereocenters. The van der Waals surface area contributed by atoms with Crippen LogP contribution in [0.1, 0.15) is 0 Å². The molecular formula is H11BCrFe2Si2. The van der Waals surface area contributed by atoms with E-state index >= 15 is 0 Å². The number of rotatable bonds is 0. The maximum absolute atomic E-state index is 0. The van der Waals surface area contributed by atoms with Gasteiger partial charge in [-0.15, -0.1) is 0 Å². The van der Waals surface area contributed by atoms with E-state index in [2.05, 4.69) is 0 Å². The minimum absolute atomic E-state index is 0. The topological polar surface area (TPSA) is 0 Å². The van der Waals surface area contributed by atoms with Crippen molar-refractivity contribution in [2.24, 2.45) is 0 Å². The van der Waals surface area contributed by atoms with E-state index in [0.29, 0.717) is 0 Å². The molecule has 0 aliphatic heterocycles. The van der Waals surface area contributed by atoms with Gasteiger partial charge in [-0.3, -0.25) is 0 Å². The van der Waals surface area contributed by atoms with Crippen LogP contribution in [0.25, 0.3) is 0 Å². The summed E-state index contributed by atoms with van der Waals surface area (Å²) in [7, 11) is 0. The minimum Gasteiger partial charge on any atom is -0.0149 e. The van der Waals surface area contributed by atoms with E-state index in [9.17, 15) is 0 Å². The second kappa shape index (κ2) is 60.8. The van der Waals surface area contributed by atoms with Gasteiger partial charge in [-0.2, -0.15) is 0 Å². The SMILES string of the molecule is B.[Cr].[Fe].[Fe].[SiH4].[SiH4]. The summed E-state index contributed by atoms with van der Waals surface area (Å²) in [4.78, 5) is 0. The Morgan fingerprint density at radius 3 is 0.667 bits per heavy atom. The van der Waals surface area contributed by atoms with Crippen molar-refractivity contribution in [3.05, 3.63) is 0 Å². The first-order valence-corrected chi connectivity index (χ1v) is 0. The first-order valence-electron chi connectivity index (χ1n) is 0. The molecule has 0 radical (unpaired) electrons. The molecule has 0 nitrogen and oxygen atoms in total. The maximum Gasteiger partial charge on any atom is 0.0814 e. The summed E-state index contributed by atoms with van der Waals surface area (Å²) < 4.78 is 0. The molecule has 0 rings (SSSR count). The van der Waals surface area contributed by atoms with E-state index in [1.54, 1.807) is 0 Å². The molecule has 0 fully saturated rings. The van der Waals surface area contributed by atoms with Crippen LogP contribution in [-0.2, 0) is 51.5 Å². The molecule has 0 aromatic rings.